The van der Waals surface area contributed by atoms with Crippen LogP contribution in [-0.4, -0.2) is 38.7 Å². The molecular formula is C18H20ClN3O2S. The molecule has 0 bridgehead atoms. The molecule has 0 spiro atoms. The fraction of sp³-hybridized carbons (Fsp3) is 0.389. The zero-order valence-electron chi connectivity index (χ0n) is 14.1. The lowest BCUT2D eigenvalue weighted by Crippen LogP contribution is -2.34. The Morgan fingerprint density at radius 1 is 1.44 bits per heavy atom. The van der Waals surface area contributed by atoms with Crippen molar-refractivity contribution < 1.29 is 4.79 Å². The standard InChI is InChI=1S/C18H20ClN3O2S/c1-3-8-22-17(24)14-11-13(19)6-7-15(14)20-18(22)25-12(2)16(23)21-9-4-5-10-21/h3,6-7,11-12H,1,4-5,8-10H2,2H3/t12-/m0/s1. The number of benzene rings is 1. The summed E-state index contributed by atoms with van der Waals surface area (Å²) < 4.78 is 1.55. The maximum atomic E-state index is 12.8. The van der Waals surface area contributed by atoms with Crippen LogP contribution in [0.1, 0.15) is 19.8 Å². The highest BCUT2D eigenvalue weighted by molar-refractivity contribution is 8.00. The van der Waals surface area contributed by atoms with Gasteiger partial charge in [0.05, 0.1) is 16.2 Å². The van der Waals surface area contributed by atoms with Crippen LogP contribution in [0.3, 0.4) is 0 Å². The first-order valence-electron chi connectivity index (χ1n) is 8.27. The molecule has 3 rings (SSSR count). The minimum Gasteiger partial charge on any atom is -0.342 e. The third-order valence-electron chi connectivity index (χ3n) is 4.24. The summed E-state index contributed by atoms with van der Waals surface area (Å²) in [7, 11) is 0. The number of amides is 1. The van der Waals surface area contributed by atoms with Gasteiger partial charge in [-0.15, -0.1) is 6.58 Å². The molecule has 0 unspecified atom stereocenters. The summed E-state index contributed by atoms with van der Waals surface area (Å²) in [6.45, 7) is 7.54. The maximum absolute atomic E-state index is 12.8. The highest BCUT2D eigenvalue weighted by Crippen LogP contribution is 2.25. The van der Waals surface area contributed by atoms with E-state index in [-0.39, 0.29) is 16.7 Å². The number of hydrogen-bond donors (Lipinski definition) is 0. The van der Waals surface area contributed by atoms with Gasteiger partial charge in [0.2, 0.25) is 5.91 Å². The number of hydrogen-bond acceptors (Lipinski definition) is 4. The summed E-state index contributed by atoms with van der Waals surface area (Å²) in [5.41, 5.74) is 0.411. The number of nitrogens with zero attached hydrogens (tertiary/aromatic N) is 3. The van der Waals surface area contributed by atoms with E-state index in [1.165, 1.54) is 11.8 Å². The largest absolute Gasteiger partial charge is 0.342 e. The van der Waals surface area contributed by atoms with Crippen molar-refractivity contribution in [3.8, 4) is 0 Å². The third kappa shape index (κ3) is 3.75. The lowest BCUT2D eigenvalue weighted by atomic mass is 10.2. The molecule has 2 aromatic rings. The molecular weight excluding hydrogens is 358 g/mol. The van der Waals surface area contributed by atoms with E-state index < -0.39 is 0 Å². The molecule has 0 N–H and O–H groups in total. The first-order valence-corrected chi connectivity index (χ1v) is 9.53. The zero-order valence-corrected chi connectivity index (χ0v) is 15.6. The fourth-order valence-electron chi connectivity index (χ4n) is 2.96. The number of aromatic nitrogens is 2. The van der Waals surface area contributed by atoms with Crippen molar-refractivity contribution in [1.29, 1.82) is 0 Å². The van der Waals surface area contributed by atoms with E-state index in [1.807, 2.05) is 11.8 Å². The summed E-state index contributed by atoms with van der Waals surface area (Å²) in [4.78, 5) is 31.8. The summed E-state index contributed by atoms with van der Waals surface area (Å²) in [5.74, 6) is 0.0955. The van der Waals surface area contributed by atoms with Crippen molar-refractivity contribution >= 4 is 40.2 Å². The lowest BCUT2D eigenvalue weighted by Gasteiger charge is -2.20. The third-order valence-corrected chi connectivity index (χ3v) is 5.55. The minimum absolute atomic E-state index is 0.0955. The van der Waals surface area contributed by atoms with Crippen LogP contribution in [0.25, 0.3) is 10.9 Å². The van der Waals surface area contributed by atoms with E-state index in [1.54, 1.807) is 28.8 Å². The van der Waals surface area contributed by atoms with Gasteiger partial charge in [0.15, 0.2) is 5.16 Å². The molecule has 0 radical (unpaired) electrons. The van der Waals surface area contributed by atoms with Crippen LogP contribution in [0, 0.1) is 0 Å². The molecule has 1 aliphatic rings. The Morgan fingerprint density at radius 2 is 2.16 bits per heavy atom. The molecule has 1 aliphatic heterocycles. The number of thioether (sulfide) groups is 1. The number of fused-ring (bicyclic) bond motifs is 1. The minimum atomic E-state index is -0.300. The average molecular weight is 378 g/mol. The Labute approximate surface area is 155 Å². The van der Waals surface area contributed by atoms with Crippen LogP contribution in [0.2, 0.25) is 5.02 Å². The van der Waals surface area contributed by atoms with Gasteiger partial charge in [-0.2, -0.15) is 0 Å². The van der Waals surface area contributed by atoms with Crippen LogP contribution >= 0.6 is 23.4 Å². The van der Waals surface area contributed by atoms with Crippen molar-refractivity contribution in [2.24, 2.45) is 0 Å². The van der Waals surface area contributed by atoms with Crippen LogP contribution in [0.15, 0.2) is 40.8 Å². The SMILES string of the molecule is C=CCn1c(S[C@@H](C)C(=O)N2CCCC2)nc2ccc(Cl)cc2c1=O. The van der Waals surface area contributed by atoms with E-state index in [2.05, 4.69) is 11.6 Å². The molecule has 1 atom stereocenters. The Bertz CT molecular complexity index is 874. The smallest absolute Gasteiger partial charge is 0.262 e. The number of carbonyl (C=O) groups is 1. The normalized spacial score (nSPS) is 15.5. The topological polar surface area (TPSA) is 55.2 Å². The quantitative estimate of drug-likeness (QED) is 0.455. The predicted molar refractivity (Wildman–Crippen MR) is 102 cm³/mol. The summed E-state index contributed by atoms with van der Waals surface area (Å²) in [5, 5.41) is 1.19. The van der Waals surface area contributed by atoms with Gasteiger partial charge in [-0.1, -0.05) is 29.4 Å². The molecule has 25 heavy (non-hydrogen) atoms. The molecule has 1 amide bonds. The Kier molecular flexibility index (Phi) is 5.49. The van der Waals surface area contributed by atoms with Gasteiger partial charge in [0.25, 0.3) is 5.56 Å². The molecule has 1 saturated heterocycles. The highest BCUT2D eigenvalue weighted by Gasteiger charge is 2.25. The van der Waals surface area contributed by atoms with Crippen molar-refractivity contribution in [2.75, 3.05) is 13.1 Å². The second-order valence-electron chi connectivity index (χ2n) is 6.05. The molecule has 132 valence electrons. The van der Waals surface area contributed by atoms with E-state index >= 15 is 0 Å². The van der Waals surface area contributed by atoms with Crippen LogP contribution in [0.4, 0.5) is 0 Å². The van der Waals surface area contributed by atoms with Crippen LogP contribution in [0.5, 0.6) is 0 Å². The predicted octanol–water partition coefficient (Wildman–Crippen LogP) is 3.34. The Balaban J connectivity index is 1.97. The first-order chi connectivity index (χ1) is 12.0. The van der Waals surface area contributed by atoms with Gasteiger partial charge >= 0.3 is 0 Å². The number of rotatable bonds is 5. The molecule has 5 nitrogen and oxygen atoms in total. The molecule has 0 saturated carbocycles. The number of carbonyl (C=O) groups excluding carboxylic acids is 1. The molecule has 2 heterocycles. The fourth-order valence-corrected chi connectivity index (χ4v) is 4.13. The number of halogens is 1. The first kappa shape index (κ1) is 18.0. The van der Waals surface area contributed by atoms with Crippen molar-refractivity contribution in [1.82, 2.24) is 14.5 Å². The number of likely N-dealkylation sites (tertiary alicyclic amines) is 1. The zero-order chi connectivity index (χ0) is 18.0. The summed E-state index contributed by atoms with van der Waals surface area (Å²) in [6, 6.07) is 5.06. The number of allylic oxidation sites excluding steroid dienone is 1. The van der Waals surface area contributed by atoms with E-state index in [4.69, 9.17) is 11.6 Å². The average Bonchev–Trinajstić information content (AvgIpc) is 3.13. The molecule has 1 aromatic heterocycles. The monoisotopic (exact) mass is 377 g/mol. The Hall–Kier alpha value is -1.79. The van der Waals surface area contributed by atoms with Crippen molar-refractivity contribution in [3.05, 3.63) is 46.2 Å². The molecule has 1 fully saturated rings. The molecule has 1 aromatic carbocycles. The van der Waals surface area contributed by atoms with Gasteiger partial charge in [0.1, 0.15) is 0 Å². The van der Waals surface area contributed by atoms with E-state index in [0.29, 0.717) is 27.6 Å². The van der Waals surface area contributed by atoms with Gasteiger partial charge in [-0.05, 0) is 38.0 Å². The molecule has 7 heteroatoms. The summed E-state index contributed by atoms with van der Waals surface area (Å²) in [6.07, 6.45) is 3.76. The Morgan fingerprint density at radius 3 is 2.84 bits per heavy atom. The molecule has 0 aliphatic carbocycles. The van der Waals surface area contributed by atoms with Gasteiger partial charge in [-0.25, -0.2) is 4.98 Å². The lowest BCUT2D eigenvalue weighted by molar-refractivity contribution is -0.129. The van der Waals surface area contributed by atoms with Crippen molar-refractivity contribution in [2.45, 2.75) is 36.7 Å². The van der Waals surface area contributed by atoms with Gasteiger partial charge in [-0.3, -0.25) is 14.2 Å². The van der Waals surface area contributed by atoms with Gasteiger partial charge < -0.3 is 4.90 Å². The van der Waals surface area contributed by atoms with Gasteiger partial charge in [0, 0.05) is 24.7 Å². The highest BCUT2D eigenvalue weighted by atomic mass is 35.5. The summed E-state index contributed by atoms with van der Waals surface area (Å²) >= 11 is 7.33. The van der Waals surface area contributed by atoms with E-state index in [9.17, 15) is 9.59 Å². The maximum Gasteiger partial charge on any atom is 0.262 e. The van der Waals surface area contributed by atoms with Crippen LogP contribution < -0.4 is 5.56 Å². The van der Waals surface area contributed by atoms with Crippen LogP contribution in [-0.2, 0) is 11.3 Å². The van der Waals surface area contributed by atoms with E-state index in [0.717, 1.165) is 25.9 Å². The van der Waals surface area contributed by atoms with Crippen molar-refractivity contribution in [3.63, 3.8) is 0 Å². The second kappa shape index (κ2) is 7.62. The second-order valence-corrected chi connectivity index (χ2v) is 7.80.